The molecule has 12 heteroatoms. The Morgan fingerprint density at radius 2 is 1.82 bits per heavy atom. The third kappa shape index (κ3) is 5.28. The fourth-order valence-electron chi connectivity index (χ4n) is 3.12. The SMILES string of the molecule is Cc1ncc(C(=O)Nc2cc(C(=O)Nc3cnc(OC4CC(F)(F)C4)cn3)c(F)cc2C)s1. The average molecular weight is 477 g/mol. The molecule has 33 heavy (non-hydrogen) atoms. The number of nitrogens with one attached hydrogen (secondary N) is 2. The predicted molar refractivity (Wildman–Crippen MR) is 115 cm³/mol. The Labute approximate surface area is 190 Å². The normalized spacial score (nSPS) is 14.9. The van der Waals surface area contributed by atoms with Gasteiger partial charge in [-0.3, -0.25) is 9.59 Å². The van der Waals surface area contributed by atoms with E-state index in [4.69, 9.17) is 4.74 Å². The summed E-state index contributed by atoms with van der Waals surface area (Å²) in [7, 11) is 0. The first-order valence-electron chi connectivity index (χ1n) is 9.81. The molecule has 0 atom stereocenters. The van der Waals surface area contributed by atoms with E-state index in [1.54, 1.807) is 13.8 Å². The third-order valence-corrected chi connectivity index (χ3v) is 5.77. The molecule has 1 fully saturated rings. The fraction of sp³-hybridized carbons (Fsp3) is 0.286. The van der Waals surface area contributed by atoms with Crippen LogP contribution in [-0.2, 0) is 0 Å². The van der Waals surface area contributed by atoms with Gasteiger partial charge in [0.1, 0.15) is 16.8 Å². The van der Waals surface area contributed by atoms with Gasteiger partial charge in [0.15, 0.2) is 5.82 Å². The lowest BCUT2D eigenvalue weighted by atomic mass is 9.91. The first-order chi connectivity index (χ1) is 15.6. The van der Waals surface area contributed by atoms with Crippen LogP contribution in [0, 0.1) is 19.7 Å². The maximum absolute atomic E-state index is 14.5. The lowest BCUT2D eigenvalue weighted by Crippen LogP contribution is -2.43. The van der Waals surface area contributed by atoms with Crippen LogP contribution < -0.4 is 15.4 Å². The number of hydrogen-bond acceptors (Lipinski definition) is 7. The second kappa shape index (κ2) is 8.77. The van der Waals surface area contributed by atoms with E-state index in [-0.39, 0.29) is 35.8 Å². The number of ether oxygens (including phenoxy) is 1. The molecule has 2 aromatic heterocycles. The quantitative estimate of drug-likeness (QED) is 0.546. The lowest BCUT2D eigenvalue weighted by molar-refractivity contribution is -0.135. The highest BCUT2D eigenvalue weighted by atomic mass is 32.1. The highest BCUT2D eigenvalue weighted by Gasteiger charge is 2.47. The maximum atomic E-state index is 14.5. The van der Waals surface area contributed by atoms with Crippen LogP contribution in [0.2, 0.25) is 0 Å². The number of hydrogen-bond donors (Lipinski definition) is 2. The maximum Gasteiger partial charge on any atom is 0.267 e. The van der Waals surface area contributed by atoms with Gasteiger partial charge in [-0.15, -0.1) is 11.3 Å². The number of carbonyl (C=O) groups is 2. The molecular formula is C21H18F3N5O3S. The number of amides is 2. The topological polar surface area (TPSA) is 106 Å². The van der Waals surface area contributed by atoms with Crippen LogP contribution in [0.1, 0.15) is 43.4 Å². The molecule has 8 nitrogen and oxygen atoms in total. The van der Waals surface area contributed by atoms with Gasteiger partial charge >= 0.3 is 0 Å². The highest BCUT2D eigenvalue weighted by Crippen LogP contribution is 2.39. The molecule has 0 bridgehead atoms. The van der Waals surface area contributed by atoms with Crippen LogP contribution in [-0.4, -0.2) is 38.8 Å². The van der Waals surface area contributed by atoms with Crippen LogP contribution in [0.4, 0.5) is 24.7 Å². The first-order valence-corrected chi connectivity index (χ1v) is 10.6. The smallest absolute Gasteiger partial charge is 0.267 e. The molecule has 1 aliphatic carbocycles. The van der Waals surface area contributed by atoms with Gasteiger partial charge in [0.05, 0.1) is 29.2 Å². The van der Waals surface area contributed by atoms with Crippen LogP contribution >= 0.6 is 11.3 Å². The van der Waals surface area contributed by atoms with Gasteiger partial charge in [0, 0.05) is 18.5 Å². The number of carbonyl (C=O) groups excluding carboxylic acids is 2. The Hall–Kier alpha value is -3.54. The van der Waals surface area contributed by atoms with Crippen molar-refractivity contribution in [3.63, 3.8) is 0 Å². The second-order valence-electron chi connectivity index (χ2n) is 7.54. The van der Waals surface area contributed by atoms with Crippen molar-refractivity contribution in [2.45, 2.75) is 38.7 Å². The van der Waals surface area contributed by atoms with E-state index in [9.17, 15) is 22.8 Å². The van der Waals surface area contributed by atoms with Gasteiger partial charge in [-0.25, -0.2) is 28.1 Å². The largest absolute Gasteiger partial charge is 0.473 e. The number of aromatic nitrogens is 3. The van der Waals surface area contributed by atoms with Crippen LogP contribution in [0.5, 0.6) is 5.88 Å². The number of alkyl halides is 2. The molecular weight excluding hydrogens is 459 g/mol. The lowest BCUT2D eigenvalue weighted by Gasteiger charge is -2.34. The Morgan fingerprint density at radius 3 is 2.42 bits per heavy atom. The first kappa shape index (κ1) is 22.6. The number of rotatable bonds is 6. The minimum absolute atomic E-state index is 0.0111. The number of aryl methyl sites for hydroxylation is 2. The Kier molecular flexibility index (Phi) is 6.02. The number of anilines is 2. The van der Waals surface area contributed by atoms with Crippen molar-refractivity contribution in [2.24, 2.45) is 0 Å². The van der Waals surface area contributed by atoms with E-state index < -0.39 is 29.7 Å². The minimum atomic E-state index is -2.72. The van der Waals surface area contributed by atoms with Crippen LogP contribution in [0.25, 0.3) is 0 Å². The van der Waals surface area contributed by atoms with Gasteiger partial charge in [-0.05, 0) is 31.5 Å². The summed E-state index contributed by atoms with van der Waals surface area (Å²) in [5.74, 6) is -4.68. The Morgan fingerprint density at radius 1 is 1.06 bits per heavy atom. The van der Waals surface area contributed by atoms with E-state index in [1.165, 1.54) is 36.0 Å². The monoisotopic (exact) mass is 477 g/mol. The Balaban J connectivity index is 1.43. The molecule has 0 aliphatic heterocycles. The van der Waals surface area contributed by atoms with Gasteiger partial charge in [0.2, 0.25) is 5.88 Å². The molecule has 1 aliphatic rings. The third-order valence-electron chi connectivity index (χ3n) is 4.86. The van der Waals surface area contributed by atoms with Crippen molar-refractivity contribution in [3.05, 3.63) is 57.6 Å². The molecule has 0 radical (unpaired) electrons. The molecule has 1 aromatic carbocycles. The van der Waals surface area contributed by atoms with Crippen LogP contribution in [0.15, 0.2) is 30.7 Å². The van der Waals surface area contributed by atoms with Crippen molar-refractivity contribution in [1.29, 1.82) is 0 Å². The Bertz CT molecular complexity index is 1210. The molecule has 2 N–H and O–H groups in total. The summed E-state index contributed by atoms with van der Waals surface area (Å²) in [6, 6.07) is 2.37. The van der Waals surface area contributed by atoms with E-state index in [0.29, 0.717) is 10.4 Å². The molecule has 1 saturated carbocycles. The number of benzene rings is 1. The van der Waals surface area contributed by atoms with E-state index >= 15 is 0 Å². The zero-order valence-corrected chi connectivity index (χ0v) is 18.3. The minimum Gasteiger partial charge on any atom is -0.473 e. The zero-order valence-electron chi connectivity index (χ0n) is 17.5. The van der Waals surface area contributed by atoms with Crippen LogP contribution in [0.3, 0.4) is 0 Å². The van der Waals surface area contributed by atoms with Gasteiger partial charge in [-0.1, -0.05) is 0 Å². The summed E-state index contributed by atoms with van der Waals surface area (Å²) in [5, 5.41) is 5.78. The number of halogens is 3. The highest BCUT2D eigenvalue weighted by molar-refractivity contribution is 7.13. The summed E-state index contributed by atoms with van der Waals surface area (Å²) >= 11 is 1.21. The average Bonchev–Trinajstić information content (AvgIpc) is 3.16. The molecule has 0 saturated heterocycles. The molecule has 2 amide bonds. The van der Waals surface area contributed by atoms with E-state index in [0.717, 1.165) is 11.1 Å². The van der Waals surface area contributed by atoms with Crippen molar-refractivity contribution >= 4 is 34.7 Å². The fourth-order valence-corrected chi connectivity index (χ4v) is 3.79. The predicted octanol–water partition coefficient (Wildman–Crippen LogP) is 4.37. The van der Waals surface area contributed by atoms with Crippen molar-refractivity contribution in [2.75, 3.05) is 10.6 Å². The second-order valence-corrected chi connectivity index (χ2v) is 8.78. The molecule has 0 spiro atoms. The summed E-state index contributed by atoms with van der Waals surface area (Å²) in [4.78, 5) is 37.3. The van der Waals surface area contributed by atoms with E-state index in [1.807, 2.05) is 0 Å². The number of nitrogens with zero attached hydrogens (tertiary/aromatic N) is 3. The number of thiazole rings is 1. The molecule has 3 aromatic rings. The van der Waals surface area contributed by atoms with Crippen molar-refractivity contribution < 1.29 is 27.5 Å². The van der Waals surface area contributed by atoms with Gasteiger partial charge in [-0.2, -0.15) is 0 Å². The van der Waals surface area contributed by atoms with Gasteiger partial charge in [0.25, 0.3) is 17.7 Å². The van der Waals surface area contributed by atoms with Crippen molar-refractivity contribution in [1.82, 2.24) is 15.0 Å². The van der Waals surface area contributed by atoms with Gasteiger partial charge < -0.3 is 15.4 Å². The summed E-state index contributed by atoms with van der Waals surface area (Å²) < 4.78 is 45.5. The summed E-state index contributed by atoms with van der Waals surface area (Å²) in [5.41, 5.74) is 0.390. The molecule has 172 valence electrons. The van der Waals surface area contributed by atoms with Crippen molar-refractivity contribution in [3.8, 4) is 5.88 Å². The summed E-state index contributed by atoms with van der Waals surface area (Å²) in [6.45, 7) is 3.36. The molecule has 4 rings (SSSR count). The molecule has 0 unspecified atom stereocenters. The zero-order chi connectivity index (χ0) is 23.8. The molecule has 2 heterocycles. The standard InChI is InChI=1S/C21H18F3N5O3S/c1-10-3-14(22)13(4-15(10)28-20(31)16-7-25-11(2)33-16)19(30)29-17-8-27-18(9-26-17)32-12-5-21(23,24)6-12/h3-4,7-9,12H,5-6H2,1-2H3,(H,28,31)(H,26,29,30). The summed E-state index contributed by atoms with van der Waals surface area (Å²) in [6.07, 6.45) is 2.37. The van der Waals surface area contributed by atoms with E-state index in [2.05, 4.69) is 25.6 Å².